The molecule has 0 saturated carbocycles. The molecule has 2 N–H and O–H groups in total. The highest BCUT2D eigenvalue weighted by molar-refractivity contribution is 7.13. The number of benzene rings is 3. The Kier molecular flexibility index (Phi) is 7.42. The van der Waals surface area contributed by atoms with E-state index in [1.807, 2.05) is 41.1 Å². The van der Waals surface area contributed by atoms with E-state index < -0.39 is 17.6 Å². The summed E-state index contributed by atoms with van der Waals surface area (Å²) in [7, 11) is 0. The lowest BCUT2D eigenvalue weighted by molar-refractivity contribution is -0.137. The number of aromatic nitrogens is 2. The van der Waals surface area contributed by atoms with Crippen LogP contribution in [-0.4, -0.2) is 21.7 Å². The van der Waals surface area contributed by atoms with Crippen molar-refractivity contribution in [3.05, 3.63) is 113 Å². The number of anilines is 2. The molecule has 1 amide bonds. The SMILES string of the molecule is O=C(Cc1csc(Nc2cccc(C(F)(F)F)c2)n1)N/N=C/c1cn(Cc2cccc(F)c2)c2ccccc12. The van der Waals surface area contributed by atoms with Crippen LogP contribution in [0.3, 0.4) is 0 Å². The van der Waals surface area contributed by atoms with Crippen LogP contribution in [0.2, 0.25) is 0 Å². The van der Waals surface area contributed by atoms with Gasteiger partial charge in [0.25, 0.3) is 0 Å². The smallest absolute Gasteiger partial charge is 0.342 e. The summed E-state index contributed by atoms with van der Waals surface area (Å²) in [6.45, 7) is 0.471. The molecule has 0 atom stereocenters. The zero-order valence-corrected chi connectivity index (χ0v) is 21.1. The Morgan fingerprint density at radius 3 is 2.69 bits per heavy atom. The van der Waals surface area contributed by atoms with Gasteiger partial charge in [-0.25, -0.2) is 14.8 Å². The number of nitrogens with one attached hydrogen (secondary N) is 2. The average Bonchev–Trinajstić information content (AvgIpc) is 3.48. The van der Waals surface area contributed by atoms with Crippen molar-refractivity contribution in [2.75, 3.05) is 5.32 Å². The lowest BCUT2D eigenvalue weighted by atomic mass is 10.2. The highest BCUT2D eigenvalue weighted by atomic mass is 32.1. The number of hydrogen-bond acceptors (Lipinski definition) is 5. The predicted molar refractivity (Wildman–Crippen MR) is 144 cm³/mol. The molecule has 0 saturated heterocycles. The van der Waals surface area contributed by atoms with Gasteiger partial charge in [0.1, 0.15) is 5.82 Å². The molecule has 0 fully saturated rings. The van der Waals surface area contributed by atoms with Crippen molar-refractivity contribution >= 4 is 45.2 Å². The molecule has 2 aromatic heterocycles. The lowest BCUT2D eigenvalue weighted by Crippen LogP contribution is -2.19. The van der Waals surface area contributed by atoms with E-state index in [9.17, 15) is 22.4 Å². The number of alkyl halides is 3. The van der Waals surface area contributed by atoms with Crippen molar-refractivity contribution < 1.29 is 22.4 Å². The first-order chi connectivity index (χ1) is 18.7. The average molecular weight is 552 g/mol. The Morgan fingerprint density at radius 1 is 1.05 bits per heavy atom. The van der Waals surface area contributed by atoms with E-state index in [0.29, 0.717) is 17.4 Å². The van der Waals surface area contributed by atoms with Gasteiger partial charge in [-0.2, -0.15) is 18.3 Å². The van der Waals surface area contributed by atoms with Crippen LogP contribution in [0.4, 0.5) is 28.4 Å². The fourth-order valence-corrected chi connectivity index (χ4v) is 4.79. The number of fused-ring (bicyclic) bond motifs is 1. The van der Waals surface area contributed by atoms with E-state index >= 15 is 0 Å². The second kappa shape index (κ2) is 11.1. The fraction of sp³-hybridized carbons (Fsp3) is 0.107. The van der Waals surface area contributed by atoms with E-state index in [0.717, 1.165) is 34.2 Å². The Balaban J connectivity index is 1.21. The Morgan fingerprint density at radius 2 is 1.87 bits per heavy atom. The number of thiazole rings is 1. The number of para-hydroxylation sites is 1. The molecule has 6 nitrogen and oxygen atoms in total. The highest BCUT2D eigenvalue weighted by Crippen LogP contribution is 2.32. The molecular formula is C28H21F4N5OS. The van der Waals surface area contributed by atoms with E-state index in [1.165, 1.54) is 35.6 Å². The van der Waals surface area contributed by atoms with Gasteiger partial charge >= 0.3 is 6.18 Å². The second-order valence-electron chi connectivity index (χ2n) is 8.68. The zero-order valence-electron chi connectivity index (χ0n) is 20.2. The molecule has 5 rings (SSSR count). The Hall–Kier alpha value is -4.51. The Bertz CT molecular complexity index is 1660. The molecule has 0 aliphatic heterocycles. The summed E-state index contributed by atoms with van der Waals surface area (Å²) in [4.78, 5) is 16.7. The summed E-state index contributed by atoms with van der Waals surface area (Å²) >= 11 is 1.18. The van der Waals surface area contributed by atoms with Crippen molar-refractivity contribution in [3.63, 3.8) is 0 Å². The molecule has 0 spiro atoms. The number of halogens is 4. The second-order valence-corrected chi connectivity index (χ2v) is 9.54. The fourth-order valence-electron chi connectivity index (χ4n) is 4.06. The van der Waals surface area contributed by atoms with Crippen molar-refractivity contribution in [2.45, 2.75) is 19.1 Å². The van der Waals surface area contributed by atoms with Crippen LogP contribution in [0.1, 0.15) is 22.4 Å². The summed E-state index contributed by atoms with van der Waals surface area (Å²) in [5.41, 5.74) is 4.96. The summed E-state index contributed by atoms with van der Waals surface area (Å²) in [6.07, 6.45) is -1.07. The maximum absolute atomic E-state index is 13.6. The molecule has 0 radical (unpaired) electrons. The lowest BCUT2D eigenvalue weighted by Gasteiger charge is -2.08. The minimum Gasteiger partial charge on any atom is -0.342 e. The third-order valence-electron chi connectivity index (χ3n) is 5.79. The third-order valence-corrected chi connectivity index (χ3v) is 6.60. The first-order valence-electron chi connectivity index (χ1n) is 11.8. The van der Waals surface area contributed by atoms with Crippen LogP contribution in [0.5, 0.6) is 0 Å². The zero-order chi connectivity index (χ0) is 27.4. The van der Waals surface area contributed by atoms with Gasteiger partial charge < -0.3 is 9.88 Å². The molecule has 0 bridgehead atoms. The van der Waals surface area contributed by atoms with E-state index in [2.05, 4.69) is 20.8 Å². The first-order valence-corrected chi connectivity index (χ1v) is 12.7. The van der Waals surface area contributed by atoms with Gasteiger partial charge in [-0.3, -0.25) is 4.79 Å². The number of amides is 1. The molecule has 3 aromatic carbocycles. The van der Waals surface area contributed by atoms with E-state index in [-0.39, 0.29) is 17.9 Å². The molecule has 5 aromatic rings. The third kappa shape index (κ3) is 6.50. The predicted octanol–water partition coefficient (Wildman–Crippen LogP) is 6.74. The van der Waals surface area contributed by atoms with Crippen molar-refractivity contribution in [1.29, 1.82) is 0 Å². The summed E-state index contributed by atoms with van der Waals surface area (Å²) in [6, 6.07) is 18.9. The van der Waals surface area contributed by atoms with E-state index in [1.54, 1.807) is 17.7 Å². The minimum atomic E-state index is -4.44. The van der Waals surface area contributed by atoms with Gasteiger partial charge in [0.15, 0.2) is 5.13 Å². The number of hydrazone groups is 1. The van der Waals surface area contributed by atoms with Gasteiger partial charge in [0, 0.05) is 40.3 Å². The number of nitrogens with zero attached hydrogens (tertiary/aromatic N) is 3. The topological polar surface area (TPSA) is 71.3 Å². The molecule has 39 heavy (non-hydrogen) atoms. The number of carbonyl (C=O) groups is 1. The van der Waals surface area contributed by atoms with Crippen LogP contribution in [-0.2, 0) is 23.9 Å². The normalized spacial score (nSPS) is 11.8. The number of carbonyl (C=O) groups excluding carboxylic acids is 1. The van der Waals surface area contributed by atoms with Crippen LogP contribution < -0.4 is 10.7 Å². The molecule has 0 aliphatic rings. The van der Waals surface area contributed by atoms with Crippen LogP contribution in [0, 0.1) is 5.82 Å². The maximum atomic E-state index is 13.6. The summed E-state index contributed by atoms with van der Waals surface area (Å²) < 4.78 is 54.4. The van der Waals surface area contributed by atoms with Crippen molar-refractivity contribution in [3.8, 4) is 0 Å². The standard InChI is InChI=1S/C28H21F4N5OS/c29-21-7-3-5-18(11-21)15-37-16-19(24-9-1-2-10-25(24)37)14-33-36-26(38)13-23-17-39-27(35-23)34-22-8-4-6-20(12-22)28(30,31)32/h1-12,14,16-17H,13,15H2,(H,34,35)(H,36,38)/b33-14+. The Labute approximate surface area is 224 Å². The van der Waals surface area contributed by atoms with Gasteiger partial charge in [0.2, 0.25) is 5.91 Å². The van der Waals surface area contributed by atoms with Gasteiger partial charge in [-0.05, 0) is 42.0 Å². The first kappa shape index (κ1) is 26.1. The number of rotatable bonds is 8. The van der Waals surface area contributed by atoms with Crippen molar-refractivity contribution in [1.82, 2.24) is 15.0 Å². The molecule has 0 unspecified atom stereocenters. The van der Waals surface area contributed by atoms with E-state index in [4.69, 9.17) is 0 Å². The summed E-state index contributed by atoms with van der Waals surface area (Å²) in [5.74, 6) is -0.696. The van der Waals surface area contributed by atoms with Crippen molar-refractivity contribution in [2.24, 2.45) is 5.10 Å². The maximum Gasteiger partial charge on any atom is 0.416 e. The number of hydrogen-bond donors (Lipinski definition) is 2. The molecular weight excluding hydrogens is 530 g/mol. The minimum absolute atomic E-state index is 0.0561. The highest BCUT2D eigenvalue weighted by Gasteiger charge is 2.30. The molecule has 198 valence electrons. The van der Waals surface area contributed by atoms with Gasteiger partial charge in [-0.15, -0.1) is 11.3 Å². The monoisotopic (exact) mass is 551 g/mol. The van der Waals surface area contributed by atoms with Gasteiger partial charge in [0.05, 0.1) is 23.9 Å². The summed E-state index contributed by atoms with van der Waals surface area (Å²) in [5, 5.41) is 9.87. The molecule has 0 aliphatic carbocycles. The quantitative estimate of drug-likeness (QED) is 0.127. The van der Waals surface area contributed by atoms with Crippen LogP contribution >= 0.6 is 11.3 Å². The van der Waals surface area contributed by atoms with Crippen LogP contribution in [0.25, 0.3) is 10.9 Å². The molecule has 2 heterocycles. The molecule has 11 heteroatoms. The van der Waals surface area contributed by atoms with Gasteiger partial charge in [-0.1, -0.05) is 36.4 Å². The van der Waals surface area contributed by atoms with Crippen LogP contribution in [0.15, 0.2) is 89.5 Å². The largest absolute Gasteiger partial charge is 0.416 e.